The molecule has 6 nitrogen and oxygen atoms in total. The van der Waals surface area contributed by atoms with Crippen LogP contribution in [0.5, 0.6) is 0 Å². The number of hydrogen-bond donors (Lipinski definition) is 2. The van der Waals surface area contributed by atoms with Crippen LogP contribution in [0.4, 0.5) is 10.1 Å². The first-order valence-electron chi connectivity index (χ1n) is 5.46. The Balaban J connectivity index is 2.11. The van der Waals surface area contributed by atoms with Gasteiger partial charge in [0, 0.05) is 17.3 Å². The molecule has 0 spiro atoms. The average molecular weight is 284 g/mol. The molecule has 3 N–H and O–H groups in total. The fraction of sp³-hybridized carbons (Fsp3) is 0.182. The van der Waals surface area contributed by atoms with E-state index in [1.54, 1.807) is 0 Å². The second kappa shape index (κ2) is 5.77. The number of nitrogens with one attached hydrogen (secondary N) is 1. The lowest BCUT2D eigenvalue weighted by Gasteiger charge is -2.03. The number of halogens is 2. The summed E-state index contributed by atoms with van der Waals surface area (Å²) in [6.07, 6.45) is 1.46. The third-order valence-corrected chi connectivity index (χ3v) is 2.47. The van der Waals surface area contributed by atoms with E-state index in [1.165, 1.54) is 16.9 Å². The topological polar surface area (TPSA) is 85.8 Å². The van der Waals surface area contributed by atoms with Gasteiger partial charge in [-0.25, -0.2) is 4.39 Å². The van der Waals surface area contributed by atoms with Crippen molar-refractivity contribution < 1.29 is 9.18 Å². The molecule has 1 amide bonds. The smallest absolute Gasteiger partial charge is 0.277 e. The molecule has 0 unspecified atom stereocenters. The van der Waals surface area contributed by atoms with Crippen molar-refractivity contribution in [3.05, 3.63) is 40.9 Å². The maximum Gasteiger partial charge on any atom is 0.277 e. The Kier molecular flexibility index (Phi) is 4.08. The highest BCUT2D eigenvalue weighted by molar-refractivity contribution is 6.31. The van der Waals surface area contributed by atoms with Crippen molar-refractivity contribution in [2.75, 3.05) is 11.9 Å². The predicted octanol–water partition coefficient (Wildman–Crippen LogP) is 1.28. The van der Waals surface area contributed by atoms with Crippen LogP contribution in [0.15, 0.2) is 24.4 Å². The minimum atomic E-state index is -0.533. The average Bonchev–Trinajstić information content (AvgIpc) is 2.76. The molecule has 2 rings (SSSR count). The SMILES string of the molecule is NCCn1cc(C(=O)Nc2cc(F)cc(Cl)c2)nn1. The third kappa shape index (κ3) is 3.49. The lowest BCUT2D eigenvalue weighted by atomic mass is 10.3. The van der Waals surface area contributed by atoms with Crippen LogP contribution in [0, 0.1) is 5.82 Å². The maximum absolute atomic E-state index is 13.1. The molecular formula is C11H11ClFN5O. The standard InChI is InChI=1S/C11H11ClFN5O/c12-7-3-8(13)5-9(4-7)15-11(19)10-6-18(2-1-14)17-16-10/h3-6H,1-2,14H2,(H,15,19). The number of nitrogens with zero attached hydrogens (tertiary/aromatic N) is 3. The monoisotopic (exact) mass is 283 g/mol. The largest absolute Gasteiger partial charge is 0.329 e. The molecule has 8 heteroatoms. The summed E-state index contributed by atoms with van der Waals surface area (Å²) in [5.41, 5.74) is 5.73. The summed E-state index contributed by atoms with van der Waals surface area (Å²) in [6.45, 7) is 0.857. The minimum absolute atomic E-state index is 0.119. The number of aromatic nitrogens is 3. The third-order valence-electron chi connectivity index (χ3n) is 2.25. The van der Waals surface area contributed by atoms with Crippen LogP contribution in [0.1, 0.15) is 10.5 Å². The van der Waals surface area contributed by atoms with Crippen molar-refractivity contribution >= 4 is 23.2 Å². The van der Waals surface area contributed by atoms with Crippen molar-refractivity contribution in [3.63, 3.8) is 0 Å². The molecule has 0 fully saturated rings. The Morgan fingerprint density at radius 1 is 1.47 bits per heavy atom. The molecule has 0 atom stereocenters. The van der Waals surface area contributed by atoms with E-state index in [-0.39, 0.29) is 16.4 Å². The van der Waals surface area contributed by atoms with Crippen molar-refractivity contribution in [2.24, 2.45) is 5.73 Å². The number of carbonyl (C=O) groups excluding carboxylic acids is 1. The molecule has 1 aromatic heterocycles. The quantitative estimate of drug-likeness (QED) is 0.885. The molecule has 0 saturated heterocycles. The van der Waals surface area contributed by atoms with Crippen molar-refractivity contribution in [2.45, 2.75) is 6.54 Å². The van der Waals surface area contributed by atoms with E-state index in [0.717, 1.165) is 12.1 Å². The normalized spacial score (nSPS) is 10.5. The Bertz CT molecular complexity index is 580. The Hall–Kier alpha value is -1.99. The van der Waals surface area contributed by atoms with E-state index in [9.17, 15) is 9.18 Å². The number of carbonyl (C=O) groups is 1. The molecule has 19 heavy (non-hydrogen) atoms. The van der Waals surface area contributed by atoms with Crippen LogP contribution in [-0.2, 0) is 6.54 Å². The number of benzene rings is 1. The van der Waals surface area contributed by atoms with Gasteiger partial charge in [-0.05, 0) is 18.2 Å². The molecule has 0 aliphatic heterocycles. The fourth-order valence-corrected chi connectivity index (χ4v) is 1.69. The molecule has 1 heterocycles. The summed E-state index contributed by atoms with van der Waals surface area (Å²) in [5.74, 6) is -1.03. The number of anilines is 1. The number of hydrogen-bond acceptors (Lipinski definition) is 4. The Labute approximate surface area is 113 Å². The maximum atomic E-state index is 13.1. The number of nitrogens with two attached hydrogens (primary N) is 1. The fourth-order valence-electron chi connectivity index (χ4n) is 1.47. The van der Waals surface area contributed by atoms with E-state index < -0.39 is 11.7 Å². The van der Waals surface area contributed by atoms with Crippen LogP contribution in [0.25, 0.3) is 0 Å². The van der Waals surface area contributed by atoms with Crippen molar-refractivity contribution in [1.82, 2.24) is 15.0 Å². The van der Waals surface area contributed by atoms with Gasteiger partial charge in [0.1, 0.15) is 5.82 Å². The van der Waals surface area contributed by atoms with Gasteiger partial charge in [0.2, 0.25) is 0 Å². The van der Waals surface area contributed by atoms with Crippen LogP contribution >= 0.6 is 11.6 Å². The van der Waals surface area contributed by atoms with Crippen LogP contribution < -0.4 is 11.1 Å². The summed E-state index contributed by atoms with van der Waals surface area (Å²) in [4.78, 5) is 11.8. The van der Waals surface area contributed by atoms with Crippen molar-refractivity contribution in [3.8, 4) is 0 Å². The summed E-state index contributed by atoms with van der Waals surface area (Å²) < 4.78 is 14.6. The molecular weight excluding hydrogens is 273 g/mol. The van der Waals surface area contributed by atoms with E-state index in [4.69, 9.17) is 17.3 Å². The summed E-state index contributed by atoms with van der Waals surface area (Å²) in [5, 5.41) is 10.1. The van der Waals surface area contributed by atoms with Crippen LogP contribution in [0.2, 0.25) is 5.02 Å². The molecule has 0 aliphatic rings. The first kappa shape index (κ1) is 13.4. The molecule has 0 bridgehead atoms. The Morgan fingerprint density at radius 2 is 2.26 bits per heavy atom. The highest BCUT2D eigenvalue weighted by Gasteiger charge is 2.11. The van der Waals surface area contributed by atoms with E-state index >= 15 is 0 Å². The van der Waals surface area contributed by atoms with Gasteiger partial charge in [0.15, 0.2) is 5.69 Å². The summed E-state index contributed by atoms with van der Waals surface area (Å²) >= 11 is 5.69. The second-order valence-corrected chi connectivity index (χ2v) is 4.20. The van der Waals surface area contributed by atoms with E-state index in [0.29, 0.717) is 13.1 Å². The molecule has 0 saturated carbocycles. The molecule has 2 aromatic rings. The van der Waals surface area contributed by atoms with Gasteiger partial charge in [-0.2, -0.15) is 0 Å². The van der Waals surface area contributed by atoms with E-state index in [2.05, 4.69) is 15.6 Å². The lowest BCUT2D eigenvalue weighted by Crippen LogP contribution is -2.13. The van der Waals surface area contributed by atoms with Crippen molar-refractivity contribution in [1.29, 1.82) is 0 Å². The molecule has 0 radical (unpaired) electrons. The number of amides is 1. The van der Waals surface area contributed by atoms with Gasteiger partial charge in [0.05, 0.1) is 12.7 Å². The Morgan fingerprint density at radius 3 is 2.95 bits per heavy atom. The highest BCUT2D eigenvalue weighted by Crippen LogP contribution is 2.18. The zero-order valence-corrected chi connectivity index (χ0v) is 10.6. The highest BCUT2D eigenvalue weighted by atomic mass is 35.5. The molecule has 100 valence electrons. The minimum Gasteiger partial charge on any atom is -0.329 e. The number of rotatable bonds is 4. The van der Waals surface area contributed by atoms with Gasteiger partial charge >= 0.3 is 0 Å². The summed E-state index contributed by atoms with van der Waals surface area (Å²) in [7, 11) is 0. The van der Waals surface area contributed by atoms with Gasteiger partial charge in [-0.3, -0.25) is 9.48 Å². The van der Waals surface area contributed by atoms with Crippen LogP contribution in [0.3, 0.4) is 0 Å². The van der Waals surface area contributed by atoms with Gasteiger partial charge in [-0.1, -0.05) is 16.8 Å². The zero-order chi connectivity index (χ0) is 13.8. The van der Waals surface area contributed by atoms with E-state index in [1.807, 2.05) is 0 Å². The zero-order valence-electron chi connectivity index (χ0n) is 9.81. The van der Waals surface area contributed by atoms with Gasteiger partial charge in [-0.15, -0.1) is 5.10 Å². The molecule has 0 aliphatic carbocycles. The van der Waals surface area contributed by atoms with Gasteiger partial charge in [0.25, 0.3) is 5.91 Å². The molecule has 1 aromatic carbocycles. The first-order valence-corrected chi connectivity index (χ1v) is 5.84. The van der Waals surface area contributed by atoms with Crippen LogP contribution in [-0.4, -0.2) is 27.4 Å². The van der Waals surface area contributed by atoms with Gasteiger partial charge < -0.3 is 11.1 Å². The first-order chi connectivity index (χ1) is 9.08. The second-order valence-electron chi connectivity index (χ2n) is 3.77. The lowest BCUT2D eigenvalue weighted by molar-refractivity contribution is 0.102. The summed E-state index contributed by atoms with van der Waals surface area (Å²) in [6, 6.07) is 3.75. The predicted molar refractivity (Wildman–Crippen MR) is 68.4 cm³/mol.